The molecule has 0 saturated carbocycles. The molecule has 1 aliphatic heterocycles. The number of halogens is 1. The van der Waals surface area contributed by atoms with Crippen molar-refractivity contribution >= 4 is 15.9 Å². The Morgan fingerprint density at radius 2 is 1.73 bits per heavy atom. The summed E-state index contributed by atoms with van der Waals surface area (Å²) < 4.78 is 10.8. The molecule has 0 aromatic heterocycles. The van der Waals surface area contributed by atoms with Crippen LogP contribution in [0.1, 0.15) is 0 Å². The Labute approximate surface area is 73.3 Å². The number of fused-ring (bicyclic) bond motifs is 1. The van der Waals surface area contributed by atoms with Crippen LogP contribution in [0.25, 0.3) is 0 Å². The molecule has 0 amide bonds. The van der Waals surface area contributed by atoms with E-state index in [0.29, 0.717) is 5.33 Å². The second-order valence-corrected chi connectivity index (χ2v) is 2.91. The van der Waals surface area contributed by atoms with Gasteiger partial charge in [-0.15, -0.1) is 0 Å². The zero-order valence-corrected chi connectivity index (χ0v) is 7.37. The van der Waals surface area contributed by atoms with Crippen LogP contribution >= 0.6 is 15.9 Å². The van der Waals surface area contributed by atoms with Crippen LogP contribution in [0.5, 0.6) is 11.5 Å². The van der Waals surface area contributed by atoms with Crippen LogP contribution < -0.4 is 9.47 Å². The first kappa shape index (κ1) is 6.98. The van der Waals surface area contributed by atoms with Gasteiger partial charge < -0.3 is 9.47 Å². The molecule has 2 nitrogen and oxygen atoms in total. The molecule has 1 aliphatic rings. The summed E-state index contributed by atoms with van der Waals surface area (Å²) in [5.74, 6) is 1.66. The third-order valence-electron chi connectivity index (χ3n) is 1.49. The molecule has 0 radical (unpaired) electrons. The van der Waals surface area contributed by atoms with Crippen LogP contribution in [0.15, 0.2) is 24.3 Å². The van der Waals surface area contributed by atoms with Gasteiger partial charge in [-0.05, 0) is 12.1 Å². The Morgan fingerprint density at radius 3 is 2.18 bits per heavy atom. The number of rotatable bonds is 1. The molecule has 0 fully saturated rings. The van der Waals surface area contributed by atoms with E-state index in [1.165, 1.54) is 0 Å². The first-order chi connectivity index (χ1) is 5.40. The summed E-state index contributed by atoms with van der Waals surface area (Å²) in [6.45, 7) is 0. The molecule has 0 bridgehead atoms. The molecule has 58 valence electrons. The maximum Gasteiger partial charge on any atom is 0.251 e. The predicted molar refractivity (Wildman–Crippen MR) is 45.3 cm³/mol. The van der Waals surface area contributed by atoms with Gasteiger partial charge in [0.25, 0.3) is 6.29 Å². The fourth-order valence-electron chi connectivity index (χ4n) is 1.02. The van der Waals surface area contributed by atoms with Crippen LogP contribution in [-0.4, -0.2) is 11.6 Å². The van der Waals surface area contributed by atoms with Crippen molar-refractivity contribution in [3.63, 3.8) is 0 Å². The van der Waals surface area contributed by atoms with Crippen LogP contribution in [0.4, 0.5) is 0 Å². The fourth-order valence-corrected chi connectivity index (χ4v) is 1.28. The highest BCUT2D eigenvalue weighted by atomic mass is 79.9. The van der Waals surface area contributed by atoms with Crippen molar-refractivity contribution in [3.05, 3.63) is 24.3 Å². The van der Waals surface area contributed by atoms with Crippen molar-refractivity contribution in [2.45, 2.75) is 6.29 Å². The van der Waals surface area contributed by atoms with E-state index in [0.717, 1.165) is 11.5 Å². The third kappa shape index (κ3) is 1.20. The lowest BCUT2D eigenvalue weighted by Gasteiger charge is -2.03. The number of alkyl halides is 1. The van der Waals surface area contributed by atoms with Gasteiger partial charge in [0.1, 0.15) is 0 Å². The fraction of sp³-hybridized carbons (Fsp3) is 0.250. The summed E-state index contributed by atoms with van der Waals surface area (Å²) in [5.41, 5.74) is 0. The molecule has 0 aliphatic carbocycles. The molecule has 1 aromatic carbocycles. The average molecular weight is 215 g/mol. The highest BCUT2D eigenvalue weighted by Gasteiger charge is 2.21. The van der Waals surface area contributed by atoms with Crippen molar-refractivity contribution in [2.24, 2.45) is 0 Å². The van der Waals surface area contributed by atoms with Gasteiger partial charge in [0.15, 0.2) is 11.5 Å². The SMILES string of the molecule is BrCC1Oc2ccccc2O1. The molecule has 11 heavy (non-hydrogen) atoms. The zero-order chi connectivity index (χ0) is 7.68. The van der Waals surface area contributed by atoms with Gasteiger partial charge in [-0.2, -0.15) is 0 Å². The lowest BCUT2D eigenvalue weighted by Crippen LogP contribution is -2.18. The summed E-state index contributed by atoms with van der Waals surface area (Å²) in [4.78, 5) is 0. The van der Waals surface area contributed by atoms with E-state index >= 15 is 0 Å². The average Bonchev–Trinajstić information content (AvgIpc) is 2.46. The smallest absolute Gasteiger partial charge is 0.251 e. The molecular formula is C8H7BrO2. The maximum atomic E-state index is 5.39. The number of hydrogen-bond donors (Lipinski definition) is 0. The second-order valence-electron chi connectivity index (χ2n) is 2.27. The quantitative estimate of drug-likeness (QED) is 0.668. The molecule has 2 rings (SSSR count). The largest absolute Gasteiger partial charge is 0.450 e. The van der Waals surface area contributed by atoms with Crippen molar-refractivity contribution in [1.29, 1.82) is 0 Å². The van der Waals surface area contributed by atoms with E-state index < -0.39 is 0 Å². The van der Waals surface area contributed by atoms with E-state index in [1.807, 2.05) is 24.3 Å². The molecule has 1 heterocycles. The number of hydrogen-bond acceptors (Lipinski definition) is 2. The van der Waals surface area contributed by atoms with Crippen molar-refractivity contribution in [2.75, 3.05) is 5.33 Å². The zero-order valence-electron chi connectivity index (χ0n) is 5.79. The van der Waals surface area contributed by atoms with Gasteiger partial charge in [-0.1, -0.05) is 28.1 Å². The van der Waals surface area contributed by atoms with Gasteiger partial charge in [0.05, 0.1) is 5.33 Å². The first-order valence-corrected chi connectivity index (χ1v) is 4.50. The molecular weight excluding hydrogens is 208 g/mol. The topological polar surface area (TPSA) is 18.5 Å². The maximum absolute atomic E-state index is 5.39. The van der Waals surface area contributed by atoms with Gasteiger partial charge in [-0.25, -0.2) is 0 Å². The molecule has 3 heteroatoms. The van der Waals surface area contributed by atoms with Crippen molar-refractivity contribution in [1.82, 2.24) is 0 Å². The van der Waals surface area contributed by atoms with Gasteiger partial charge in [0, 0.05) is 0 Å². The third-order valence-corrected chi connectivity index (χ3v) is 2.02. The number of ether oxygens (including phenoxy) is 2. The summed E-state index contributed by atoms with van der Waals surface area (Å²) in [6.07, 6.45) is -0.160. The molecule has 0 N–H and O–H groups in total. The van der Waals surface area contributed by atoms with Crippen molar-refractivity contribution in [3.8, 4) is 11.5 Å². The molecule has 0 atom stereocenters. The lowest BCUT2D eigenvalue weighted by atomic mass is 10.3. The number of para-hydroxylation sites is 2. The minimum atomic E-state index is -0.160. The van der Waals surface area contributed by atoms with E-state index in [4.69, 9.17) is 9.47 Å². The van der Waals surface area contributed by atoms with Crippen LogP contribution in [0.3, 0.4) is 0 Å². The van der Waals surface area contributed by atoms with Gasteiger partial charge in [0.2, 0.25) is 0 Å². The van der Waals surface area contributed by atoms with Gasteiger partial charge >= 0.3 is 0 Å². The Morgan fingerprint density at radius 1 is 1.18 bits per heavy atom. The Kier molecular flexibility index (Phi) is 1.74. The van der Waals surface area contributed by atoms with E-state index in [2.05, 4.69) is 15.9 Å². The predicted octanol–water partition coefficient (Wildman–Crippen LogP) is 2.18. The minimum Gasteiger partial charge on any atom is -0.450 e. The standard InChI is InChI=1S/C8H7BrO2/c9-5-8-10-6-3-1-2-4-7(6)11-8/h1-4,8H,5H2. The van der Waals surface area contributed by atoms with E-state index in [1.54, 1.807) is 0 Å². The van der Waals surface area contributed by atoms with E-state index in [-0.39, 0.29) is 6.29 Å². The summed E-state index contributed by atoms with van der Waals surface area (Å²) in [7, 11) is 0. The monoisotopic (exact) mass is 214 g/mol. The molecule has 1 aromatic rings. The highest BCUT2D eigenvalue weighted by molar-refractivity contribution is 9.09. The second kappa shape index (κ2) is 2.74. The lowest BCUT2D eigenvalue weighted by molar-refractivity contribution is 0.0735. The molecule has 0 spiro atoms. The van der Waals surface area contributed by atoms with E-state index in [9.17, 15) is 0 Å². The van der Waals surface area contributed by atoms with Crippen molar-refractivity contribution < 1.29 is 9.47 Å². The molecule has 0 unspecified atom stereocenters. The molecule has 0 saturated heterocycles. The van der Waals surface area contributed by atoms with Gasteiger partial charge in [-0.3, -0.25) is 0 Å². The Balaban J connectivity index is 2.27. The van der Waals surface area contributed by atoms with Crippen LogP contribution in [0.2, 0.25) is 0 Å². The minimum absolute atomic E-state index is 0.160. The summed E-state index contributed by atoms with van der Waals surface area (Å²) in [5, 5.41) is 0.696. The summed E-state index contributed by atoms with van der Waals surface area (Å²) in [6, 6.07) is 7.66. The Bertz CT molecular complexity index is 237. The highest BCUT2D eigenvalue weighted by Crippen LogP contribution is 2.34. The number of benzene rings is 1. The normalized spacial score (nSPS) is 15.4. The Hall–Kier alpha value is -0.700. The van der Waals surface area contributed by atoms with Crippen LogP contribution in [-0.2, 0) is 0 Å². The first-order valence-electron chi connectivity index (χ1n) is 3.38. The summed E-state index contributed by atoms with van der Waals surface area (Å²) >= 11 is 3.29. The van der Waals surface area contributed by atoms with Crippen LogP contribution in [0, 0.1) is 0 Å².